The first kappa shape index (κ1) is 54.7. The second-order valence-electron chi connectivity index (χ2n) is 21.0. The largest absolute Gasteiger partial charge is 0.508 e. The van der Waals surface area contributed by atoms with E-state index in [9.17, 15) is 60.3 Å². The fourth-order valence-electron chi connectivity index (χ4n) is 9.34. The second kappa shape index (κ2) is 29.9. The van der Waals surface area contributed by atoms with Gasteiger partial charge in [0.2, 0.25) is 23.1 Å². The number of hydrogen-bond donors (Lipinski definition) is 6. The summed E-state index contributed by atoms with van der Waals surface area (Å²) in [5, 5.41) is 78.8. The third-order valence-corrected chi connectivity index (χ3v) is 19.4. The van der Waals surface area contributed by atoms with Gasteiger partial charge in [-0.2, -0.15) is 10.5 Å². The molecule has 4 unspecified atom stereocenters. The molecule has 12 aromatic rings. The monoisotopic (exact) mass is 1680 g/mol. The number of aromatic hydroxyl groups is 2. The maximum Gasteiger partial charge on any atom is 0.211 e. The van der Waals surface area contributed by atoms with Crippen LogP contribution in [0.4, 0.5) is 0 Å². The predicted molar refractivity (Wildman–Crippen MR) is 381 cm³/mol. The second-order valence-corrected chi connectivity index (χ2v) is 26.2. The smallest absolute Gasteiger partial charge is 0.211 e. The summed E-state index contributed by atoms with van der Waals surface area (Å²) < 4.78 is 120. The molecule has 4 aromatic carbocycles. The van der Waals surface area contributed by atoms with Gasteiger partial charge < -0.3 is 30.6 Å². The Hall–Kier alpha value is -8.38. The number of fused-ring (bicyclic) bond motifs is 4. The van der Waals surface area contributed by atoms with E-state index in [4.69, 9.17) is 19.2 Å². The van der Waals surface area contributed by atoms with Gasteiger partial charge in [0, 0.05) is 85.9 Å². The number of nitrogens with zero attached hydrogens (tertiary/aromatic N) is 10. The van der Waals surface area contributed by atoms with Crippen molar-refractivity contribution in [3.63, 3.8) is 0 Å². The van der Waals surface area contributed by atoms with Crippen LogP contribution in [0, 0.1) is 50.4 Å². The number of imidazole rings is 4. The van der Waals surface area contributed by atoms with Gasteiger partial charge in [0.15, 0.2) is 0 Å². The van der Waals surface area contributed by atoms with Crippen molar-refractivity contribution in [2.45, 2.75) is 79.8 Å². The predicted octanol–water partition coefficient (Wildman–Crippen LogP) is 15.4. The molecule has 0 saturated carbocycles. The molecule has 0 bridgehead atoms. The highest BCUT2D eigenvalue weighted by molar-refractivity contribution is 9.11. The first-order valence-electron chi connectivity index (χ1n) is 34.9. The van der Waals surface area contributed by atoms with Crippen molar-refractivity contribution in [1.29, 1.82) is 10.5 Å². The molecule has 0 amide bonds. The van der Waals surface area contributed by atoms with E-state index in [2.05, 4.69) is 116 Å². The van der Waals surface area contributed by atoms with Gasteiger partial charge >= 0.3 is 0 Å². The van der Waals surface area contributed by atoms with E-state index in [1.165, 1.54) is 52.0 Å². The quantitative estimate of drug-likeness (QED) is 0.0619. The van der Waals surface area contributed by atoms with E-state index >= 15 is 0 Å². The maximum absolute atomic E-state index is 13.3. The number of aliphatic hydroxyl groups excluding tert-OH is 4. The van der Waals surface area contributed by atoms with Crippen LogP contribution in [-0.2, 0) is 0 Å². The lowest BCUT2D eigenvalue weighted by molar-refractivity contribution is 0.101. The van der Waals surface area contributed by atoms with Crippen molar-refractivity contribution in [2.75, 3.05) is 0 Å². The Labute approximate surface area is 619 Å². The Bertz CT molecular complexity index is 5670. The molecule has 96 heavy (non-hydrogen) atoms. The molecule has 20 nitrogen and oxygen atoms in total. The maximum atomic E-state index is 13.3. The fraction of sp³-hybridized carbons (Fsp3) is 0.171. The van der Waals surface area contributed by atoms with Gasteiger partial charge in [0.25, 0.3) is 0 Å². The number of nitriles is 2. The van der Waals surface area contributed by atoms with E-state index in [1.54, 1.807) is 38.1 Å². The third kappa shape index (κ3) is 14.8. The molecule has 0 aliphatic carbocycles. The highest BCUT2D eigenvalue weighted by Gasteiger charge is 2.29. The molecule has 8 heterocycles. The number of carbonyl (C=O) groups excluding carboxylic acids is 4. The number of aromatic nitrogens is 8. The normalized spacial score (nSPS) is 14.4. The summed E-state index contributed by atoms with van der Waals surface area (Å²) in [5.74, 6) is -3.73. The van der Waals surface area contributed by atoms with E-state index in [0.717, 1.165) is 28.7 Å². The van der Waals surface area contributed by atoms with Gasteiger partial charge in [0.05, 0.1) is 89.6 Å². The SMILES string of the molecule is [2H]c1c(O)c([2H])c2nc(C(C)O)c(C(=O)c3cc(Br)c(C)c(Br)c3)n2c1[2H].[2H]c1c(O)c([2H])c2nc(C(C)O)c(C(=O)c3cc(Br)c(C)c(C#N)c3)n2c1[2H].[2H]c1c([2H])c([2H])n2c(C(=O)c3cc(Br)c(C)c(Br)c3)c(C(C)O)nc2c1[2H].[2H]c1c([2H])c([2H])n2c(C(=O)c3cc(Br)c(C)c(C#N)c3)c(C(C)O)nc2c1[2H]. The molecule has 0 spiro atoms. The summed E-state index contributed by atoms with van der Waals surface area (Å²) in [5.41, 5.74) is 3.08. The Morgan fingerprint density at radius 2 is 0.656 bits per heavy atom. The summed E-state index contributed by atoms with van der Waals surface area (Å²) >= 11 is 20.2. The molecule has 0 aliphatic heterocycles. The van der Waals surface area contributed by atoms with E-state index in [-0.39, 0.29) is 108 Å². The van der Waals surface area contributed by atoms with Crippen molar-refractivity contribution in [3.05, 3.63) is 262 Å². The van der Waals surface area contributed by atoms with Gasteiger partial charge in [-0.15, -0.1) is 0 Å². The van der Waals surface area contributed by atoms with Gasteiger partial charge in [-0.25, -0.2) is 19.9 Å². The van der Waals surface area contributed by atoms with Crippen molar-refractivity contribution >= 4 is 141 Å². The number of ketones is 4. The number of carbonyl (C=O) groups is 4. The Morgan fingerprint density at radius 3 is 0.927 bits per heavy atom. The molecule has 488 valence electrons. The van der Waals surface area contributed by atoms with Crippen molar-refractivity contribution in [3.8, 4) is 23.6 Å². The summed E-state index contributed by atoms with van der Waals surface area (Å²) in [6.07, 6.45) is -6.64. The van der Waals surface area contributed by atoms with Crippen LogP contribution in [0.2, 0.25) is 0 Å². The van der Waals surface area contributed by atoms with E-state index < -0.39 is 138 Å². The molecule has 26 heteroatoms. The molecule has 0 fully saturated rings. The fourth-order valence-corrected chi connectivity index (χ4v) is 12.6. The summed E-state index contributed by atoms with van der Waals surface area (Å²) in [6.45, 7) is 12.8. The van der Waals surface area contributed by atoms with Crippen LogP contribution in [0.25, 0.3) is 22.6 Å². The summed E-state index contributed by atoms with van der Waals surface area (Å²) in [4.78, 5) is 69.5. The number of pyridine rings is 4. The minimum Gasteiger partial charge on any atom is -0.508 e. The van der Waals surface area contributed by atoms with Crippen molar-refractivity contribution in [1.82, 2.24) is 37.5 Å². The molecule has 6 N–H and O–H groups in total. The van der Waals surface area contributed by atoms with Gasteiger partial charge in [-0.3, -0.25) is 36.8 Å². The first-order chi connectivity index (χ1) is 51.3. The number of halogens is 6. The average molecular weight is 1690 g/mol. The third-order valence-electron chi connectivity index (χ3n) is 14.4. The van der Waals surface area contributed by atoms with Gasteiger partial charge in [-0.05, 0) is 162 Å². The topological polar surface area (TPSA) is 306 Å². The lowest BCUT2D eigenvalue weighted by atomic mass is 10.00. The molecule has 8 aromatic heterocycles. The number of rotatable bonds is 12. The zero-order valence-electron chi connectivity index (χ0n) is 65.0. The first-order valence-corrected chi connectivity index (χ1v) is 32.7. The highest BCUT2D eigenvalue weighted by Crippen LogP contribution is 2.34. The zero-order chi connectivity index (χ0) is 82.2. The summed E-state index contributed by atoms with van der Waals surface area (Å²) in [6, 6.07) is 11.4. The van der Waals surface area contributed by atoms with Crippen LogP contribution in [0.3, 0.4) is 0 Å². The Kier molecular flexibility index (Phi) is 17.1. The lowest BCUT2D eigenvalue weighted by Gasteiger charge is -2.09. The van der Waals surface area contributed by atoms with Crippen molar-refractivity contribution < 1.29 is 69.0 Å². The van der Waals surface area contributed by atoms with Crippen molar-refractivity contribution in [2.24, 2.45) is 0 Å². The molecule has 4 atom stereocenters. The van der Waals surface area contributed by atoms with Gasteiger partial charge in [-0.1, -0.05) is 108 Å². The molecular weight excluding hydrogens is 1620 g/mol. The average Bonchev–Trinajstić information content (AvgIpc) is 1.60. The van der Waals surface area contributed by atoms with Crippen LogP contribution in [0.15, 0.2) is 160 Å². The van der Waals surface area contributed by atoms with Crippen LogP contribution < -0.4 is 0 Å². The minimum atomic E-state index is -1.21. The Morgan fingerprint density at radius 1 is 0.406 bits per heavy atom. The van der Waals surface area contributed by atoms with Crippen LogP contribution in [0.5, 0.6) is 11.5 Å². The van der Waals surface area contributed by atoms with Crippen LogP contribution >= 0.6 is 95.6 Å². The molecule has 0 aliphatic rings. The Balaban J connectivity index is 0.000000169. The zero-order valence-corrected chi connectivity index (χ0v) is 60.5. The molecule has 0 radical (unpaired) electrons. The van der Waals surface area contributed by atoms with Gasteiger partial charge in [0.1, 0.15) is 56.9 Å². The van der Waals surface area contributed by atoms with E-state index in [1.807, 2.05) is 26.0 Å². The molecular formula is C70H56Br6N10O10. The van der Waals surface area contributed by atoms with Crippen LogP contribution in [-0.4, -0.2) is 91.3 Å². The van der Waals surface area contributed by atoms with Crippen LogP contribution in [0.1, 0.15) is 192 Å². The molecule has 12 rings (SSSR count). The summed E-state index contributed by atoms with van der Waals surface area (Å²) in [7, 11) is 0. The number of aliphatic hydroxyl groups is 4. The van der Waals surface area contributed by atoms with E-state index in [0.29, 0.717) is 38.0 Å². The molecule has 0 saturated heterocycles. The number of benzene rings is 4. The standard InChI is InChI=1S/C18H14BrN3O3.C18H14BrN3O2.C17H14Br2N2O3.C17H14Br2N2O2/c1-9-12(8-20)5-11(6-14(9)19)18(25)17-16(10(2)23)21-15-7-13(24)3-4-22(15)17;1-10-13(9-20)7-12(8-14(10)19)18(24)17-16(11(2)23)21-15-5-3-4-6-22(15)17;1-8-12(18)5-10(6-13(8)19)17(24)16-15(9(2)22)20-14-7-11(23)3-4-21(14)16;1-9-12(18)7-11(8-13(9)19)17(23)16-15(10(2)22)20-14-5-3-4-6-21(14)16/h3-7,10,23-24H,1-2H3;3-8,11,23H,1-2H3;3-7,9,22-23H,1-2H3;3-8,10,22H,1-2H3/i3D,4D,7D;3D,4D,5D,6D;3D,4D,7D;3D,4D,5D,6D. The lowest BCUT2D eigenvalue weighted by Crippen LogP contribution is -2.10. The number of hydrogen-bond acceptors (Lipinski definition) is 16. The minimum absolute atomic E-state index is 0.000167. The highest BCUT2D eigenvalue weighted by atomic mass is 79.9.